The third-order valence-electron chi connectivity index (χ3n) is 3.94. The molecule has 0 aliphatic carbocycles. The number of imidazole rings is 1. The van der Waals surface area contributed by atoms with E-state index in [4.69, 9.17) is 0 Å². The summed E-state index contributed by atoms with van der Waals surface area (Å²) in [7, 11) is 0. The van der Waals surface area contributed by atoms with Gasteiger partial charge in [-0.05, 0) is 31.4 Å². The number of aryl methyl sites for hydroxylation is 1. The number of likely N-dealkylation sites (tertiary alicyclic amines) is 1. The van der Waals surface area contributed by atoms with Gasteiger partial charge >= 0.3 is 5.97 Å². The van der Waals surface area contributed by atoms with Crippen molar-refractivity contribution < 1.29 is 14.7 Å². The van der Waals surface area contributed by atoms with Crippen LogP contribution in [0.15, 0.2) is 24.4 Å². The van der Waals surface area contributed by atoms with Crippen molar-refractivity contribution in [3.05, 3.63) is 35.8 Å². The van der Waals surface area contributed by atoms with E-state index in [-0.39, 0.29) is 5.91 Å². The molecule has 3 rings (SSSR count). The number of carboxylic acids is 1. The van der Waals surface area contributed by atoms with E-state index in [0.29, 0.717) is 36.4 Å². The van der Waals surface area contributed by atoms with Gasteiger partial charge in [-0.3, -0.25) is 9.20 Å². The highest BCUT2D eigenvalue weighted by Gasteiger charge is 2.36. The van der Waals surface area contributed by atoms with Crippen molar-refractivity contribution in [2.75, 3.05) is 6.54 Å². The number of aliphatic carboxylic acids is 1. The molecule has 3 heterocycles. The largest absolute Gasteiger partial charge is 0.480 e. The normalized spacial score (nSPS) is 18.3. The van der Waals surface area contributed by atoms with Crippen molar-refractivity contribution in [1.82, 2.24) is 14.3 Å². The van der Waals surface area contributed by atoms with Gasteiger partial charge in [-0.1, -0.05) is 13.0 Å². The van der Waals surface area contributed by atoms with Gasteiger partial charge in [0, 0.05) is 12.7 Å². The molecule has 1 saturated heterocycles. The van der Waals surface area contributed by atoms with E-state index in [9.17, 15) is 14.7 Å². The highest BCUT2D eigenvalue weighted by atomic mass is 16.4. The summed E-state index contributed by atoms with van der Waals surface area (Å²) in [6, 6.07) is 4.82. The predicted octanol–water partition coefficient (Wildman–Crippen LogP) is 1.59. The Kier molecular flexibility index (Phi) is 3.37. The third-order valence-corrected chi connectivity index (χ3v) is 3.94. The number of hydrogen-bond donors (Lipinski definition) is 1. The lowest BCUT2D eigenvalue weighted by molar-refractivity contribution is -0.141. The fourth-order valence-corrected chi connectivity index (χ4v) is 2.92. The van der Waals surface area contributed by atoms with E-state index in [0.717, 1.165) is 6.42 Å². The number of pyridine rings is 1. The Morgan fingerprint density at radius 2 is 2.24 bits per heavy atom. The van der Waals surface area contributed by atoms with Gasteiger partial charge in [0.25, 0.3) is 5.91 Å². The average Bonchev–Trinajstić information content (AvgIpc) is 3.10. The molecule has 0 spiro atoms. The minimum Gasteiger partial charge on any atom is -0.480 e. The Balaban J connectivity index is 2.07. The number of carbonyl (C=O) groups is 2. The first-order chi connectivity index (χ1) is 10.1. The predicted molar refractivity (Wildman–Crippen MR) is 76.3 cm³/mol. The van der Waals surface area contributed by atoms with E-state index >= 15 is 0 Å². The molecule has 110 valence electrons. The van der Waals surface area contributed by atoms with Crippen LogP contribution in [0.2, 0.25) is 0 Å². The minimum atomic E-state index is -0.937. The minimum absolute atomic E-state index is 0.240. The number of carbonyl (C=O) groups excluding carboxylic acids is 1. The highest BCUT2D eigenvalue weighted by molar-refractivity contribution is 5.97. The molecule has 21 heavy (non-hydrogen) atoms. The van der Waals surface area contributed by atoms with Crippen LogP contribution in [-0.4, -0.2) is 43.9 Å². The lowest BCUT2D eigenvalue weighted by atomic mass is 10.2. The zero-order chi connectivity index (χ0) is 15.0. The Morgan fingerprint density at radius 3 is 2.95 bits per heavy atom. The van der Waals surface area contributed by atoms with Gasteiger partial charge in [0.15, 0.2) is 0 Å². The van der Waals surface area contributed by atoms with E-state index in [1.807, 2.05) is 25.1 Å². The number of nitrogens with zero attached hydrogens (tertiary/aromatic N) is 3. The second-order valence-electron chi connectivity index (χ2n) is 5.18. The van der Waals surface area contributed by atoms with Gasteiger partial charge in [-0.15, -0.1) is 0 Å². The van der Waals surface area contributed by atoms with Crippen LogP contribution in [0, 0.1) is 0 Å². The molecule has 1 N–H and O–H groups in total. The summed E-state index contributed by atoms with van der Waals surface area (Å²) < 4.78 is 1.75. The molecular weight excluding hydrogens is 270 g/mol. The van der Waals surface area contributed by atoms with Crippen LogP contribution in [0.1, 0.15) is 35.9 Å². The second kappa shape index (κ2) is 5.20. The highest BCUT2D eigenvalue weighted by Crippen LogP contribution is 2.23. The van der Waals surface area contributed by atoms with Gasteiger partial charge < -0.3 is 10.0 Å². The van der Waals surface area contributed by atoms with Crippen molar-refractivity contribution in [2.45, 2.75) is 32.2 Å². The number of fused-ring (bicyclic) bond motifs is 1. The van der Waals surface area contributed by atoms with Crippen LogP contribution < -0.4 is 0 Å². The van der Waals surface area contributed by atoms with E-state index in [1.165, 1.54) is 4.90 Å². The monoisotopic (exact) mass is 287 g/mol. The molecule has 2 aromatic heterocycles. The molecular formula is C15H17N3O3. The van der Waals surface area contributed by atoms with Crippen LogP contribution in [0.4, 0.5) is 0 Å². The first-order valence-corrected chi connectivity index (χ1v) is 7.13. The Hall–Kier alpha value is -2.37. The molecule has 1 atom stereocenters. The van der Waals surface area contributed by atoms with Crippen LogP contribution in [0.3, 0.4) is 0 Å². The summed E-state index contributed by atoms with van der Waals surface area (Å²) in [4.78, 5) is 30.0. The molecule has 0 saturated carbocycles. The van der Waals surface area contributed by atoms with E-state index in [1.54, 1.807) is 10.6 Å². The summed E-state index contributed by atoms with van der Waals surface area (Å²) in [5.74, 6) is -1.18. The lowest BCUT2D eigenvalue weighted by Gasteiger charge is -2.21. The van der Waals surface area contributed by atoms with Gasteiger partial charge in [0.1, 0.15) is 17.4 Å². The summed E-state index contributed by atoms with van der Waals surface area (Å²) >= 11 is 0. The van der Waals surface area contributed by atoms with Gasteiger partial charge in [-0.25, -0.2) is 9.78 Å². The Bertz CT molecular complexity index is 707. The van der Waals surface area contributed by atoms with Crippen molar-refractivity contribution in [2.24, 2.45) is 0 Å². The van der Waals surface area contributed by atoms with E-state index in [2.05, 4.69) is 4.98 Å². The zero-order valence-corrected chi connectivity index (χ0v) is 11.8. The molecule has 1 aliphatic heterocycles. The van der Waals surface area contributed by atoms with Crippen molar-refractivity contribution in [3.8, 4) is 0 Å². The Labute approximate surface area is 122 Å². The summed E-state index contributed by atoms with van der Waals surface area (Å²) in [6.07, 6.45) is 3.66. The maximum absolute atomic E-state index is 12.8. The standard InChI is InChI=1S/C15H17N3O3/c1-2-10-13(18-8-4-3-7-12(18)16-10)14(19)17-9-5-6-11(17)15(20)21/h3-4,7-8,11H,2,5-6,9H2,1H3,(H,20,21). The maximum atomic E-state index is 12.8. The Morgan fingerprint density at radius 1 is 1.43 bits per heavy atom. The van der Waals surface area contributed by atoms with Gasteiger partial charge in [0.05, 0.1) is 5.69 Å². The van der Waals surface area contributed by atoms with Gasteiger partial charge in [-0.2, -0.15) is 0 Å². The number of rotatable bonds is 3. The first kappa shape index (κ1) is 13.6. The number of hydrogen-bond acceptors (Lipinski definition) is 3. The summed E-state index contributed by atoms with van der Waals surface area (Å²) in [6.45, 7) is 2.43. The molecule has 2 aromatic rings. The van der Waals surface area contributed by atoms with Crippen molar-refractivity contribution in [1.29, 1.82) is 0 Å². The number of carboxylic acid groups (broad SMARTS) is 1. The second-order valence-corrected chi connectivity index (χ2v) is 5.18. The van der Waals surface area contributed by atoms with Crippen molar-refractivity contribution >= 4 is 17.5 Å². The van der Waals surface area contributed by atoms with Gasteiger partial charge in [0.2, 0.25) is 0 Å². The van der Waals surface area contributed by atoms with Crippen LogP contribution >= 0.6 is 0 Å². The topological polar surface area (TPSA) is 74.9 Å². The van der Waals surface area contributed by atoms with Crippen LogP contribution in [0.25, 0.3) is 5.65 Å². The molecule has 0 bridgehead atoms. The molecule has 6 nitrogen and oxygen atoms in total. The number of amides is 1. The smallest absolute Gasteiger partial charge is 0.326 e. The zero-order valence-electron chi connectivity index (χ0n) is 11.8. The molecule has 6 heteroatoms. The summed E-state index contributed by atoms with van der Waals surface area (Å²) in [5, 5.41) is 9.25. The maximum Gasteiger partial charge on any atom is 0.326 e. The molecule has 1 amide bonds. The first-order valence-electron chi connectivity index (χ1n) is 7.13. The fourth-order valence-electron chi connectivity index (χ4n) is 2.92. The third kappa shape index (κ3) is 2.16. The fraction of sp³-hybridized carbons (Fsp3) is 0.400. The van der Waals surface area contributed by atoms with Crippen LogP contribution in [0.5, 0.6) is 0 Å². The molecule has 0 aromatic carbocycles. The molecule has 0 radical (unpaired) electrons. The van der Waals surface area contributed by atoms with Crippen LogP contribution in [-0.2, 0) is 11.2 Å². The summed E-state index contributed by atoms with van der Waals surface area (Å²) in [5.41, 5.74) is 1.91. The molecule has 1 unspecified atom stereocenters. The quantitative estimate of drug-likeness (QED) is 0.930. The van der Waals surface area contributed by atoms with Crippen molar-refractivity contribution in [3.63, 3.8) is 0 Å². The van der Waals surface area contributed by atoms with E-state index < -0.39 is 12.0 Å². The lowest BCUT2D eigenvalue weighted by Crippen LogP contribution is -2.41. The average molecular weight is 287 g/mol. The molecule has 1 fully saturated rings. The SMILES string of the molecule is CCc1nc2ccccn2c1C(=O)N1CCCC1C(=O)O. The number of aromatic nitrogens is 2. The molecule has 1 aliphatic rings.